The summed E-state index contributed by atoms with van der Waals surface area (Å²) in [5, 5.41) is 0. The summed E-state index contributed by atoms with van der Waals surface area (Å²) >= 11 is 0. The molecule has 0 radical (unpaired) electrons. The predicted molar refractivity (Wildman–Crippen MR) is 86.7 cm³/mol. The van der Waals surface area contributed by atoms with Crippen molar-refractivity contribution in [1.29, 1.82) is 0 Å². The molecule has 0 N–H and O–H groups in total. The molecule has 0 saturated carbocycles. The molecule has 25 heavy (non-hydrogen) atoms. The van der Waals surface area contributed by atoms with Crippen LogP contribution in [0.15, 0.2) is 59.2 Å². The highest BCUT2D eigenvalue weighted by Crippen LogP contribution is 2.25. The lowest BCUT2D eigenvalue weighted by Gasteiger charge is -2.04. The van der Waals surface area contributed by atoms with Crippen LogP contribution in [0.4, 0.5) is 8.78 Å². The van der Waals surface area contributed by atoms with Gasteiger partial charge in [-0.2, -0.15) is 8.78 Å². The molecule has 0 bridgehead atoms. The fourth-order valence-corrected chi connectivity index (χ4v) is 2.24. The zero-order valence-corrected chi connectivity index (χ0v) is 13.1. The van der Waals surface area contributed by atoms with Gasteiger partial charge in [0.2, 0.25) is 5.90 Å². The van der Waals surface area contributed by atoms with E-state index in [4.69, 9.17) is 9.47 Å². The van der Waals surface area contributed by atoms with Gasteiger partial charge in [0.25, 0.3) is 0 Å². The Bertz CT molecular complexity index is 844. The smallest absolute Gasteiger partial charge is 0.387 e. The van der Waals surface area contributed by atoms with Crippen LogP contribution in [0.25, 0.3) is 6.08 Å². The van der Waals surface area contributed by atoms with Gasteiger partial charge in [0.1, 0.15) is 11.5 Å². The first-order chi connectivity index (χ1) is 12.1. The van der Waals surface area contributed by atoms with E-state index in [1.807, 2.05) is 12.1 Å². The van der Waals surface area contributed by atoms with Crippen LogP contribution < -0.4 is 9.47 Å². The monoisotopic (exact) mass is 345 g/mol. The van der Waals surface area contributed by atoms with E-state index in [-0.39, 0.29) is 17.3 Å². The predicted octanol–water partition coefficient (Wildman–Crippen LogP) is 3.64. The molecule has 0 spiro atoms. The van der Waals surface area contributed by atoms with E-state index in [1.165, 1.54) is 31.4 Å². The minimum atomic E-state index is -2.90. The summed E-state index contributed by atoms with van der Waals surface area (Å²) in [7, 11) is 1.53. The SMILES string of the molecule is COc1ccccc1/C=C1\N=C(c2ccc(OC(F)F)cc2)OC1=O. The van der Waals surface area contributed by atoms with Crippen LogP contribution in [0.3, 0.4) is 0 Å². The van der Waals surface area contributed by atoms with Gasteiger partial charge in [-0.05, 0) is 36.4 Å². The molecule has 3 rings (SSSR count). The number of nitrogens with zero attached hydrogens (tertiary/aromatic N) is 1. The minimum absolute atomic E-state index is 0.00783. The molecular weight excluding hydrogens is 332 g/mol. The summed E-state index contributed by atoms with van der Waals surface area (Å²) in [6.45, 7) is -2.90. The van der Waals surface area contributed by atoms with E-state index in [0.717, 1.165) is 0 Å². The molecular formula is C18H13F2NO4. The molecule has 128 valence electrons. The lowest BCUT2D eigenvalue weighted by Crippen LogP contribution is -2.06. The number of hydrogen-bond acceptors (Lipinski definition) is 5. The minimum Gasteiger partial charge on any atom is -0.496 e. The molecule has 2 aromatic carbocycles. The Morgan fingerprint density at radius 3 is 2.52 bits per heavy atom. The van der Waals surface area contributed by atoms with Crippen molar-refractivity contribution in [3.63, 3.8) is 0 Å². The second-order valence-electron chi connectivity index (χ2n) is 4.98. The van der Waals surface area contributed by atoms with Crippen molar-refractivity contribution >= 4 is 17.9 Å². The number of cyclic esters (lactones) is 1. The molecule has 1 heterocycles. The average molecular weight is 345 g/mol. The molecule has 7 heteroatoms. The summed E-state index contributed by atoms with van der Waals surface area (Å²) in [4.78, 5) is 16.2. The van der Waals surface area contributed by atoms with E-state index in [1.54, 1.807) is 18.2 Å². The number of alkyl halides is 2. The first kappa shape index (κ1) is 16.6. The number of esters is 1. The van der Waals surface area contributed by atoms with Gasteiger partial charge in [-0.1, -0.05) is 18.2 Å². The molecule has 0 atom stereocenters. The second kappa shape index (κ2) is 7.12. The Kier molecular flexibility index (Phi) is 4.74. The quantitative estimate of drug-likeness (QED) is 0.613. The standard InChI is InChI=1S/C18H13F2NO4/c1-23-15-5-3-2-4-12(15)10-14-17(22)25-16(21-14)11-6-8-13(9-7-11)24-18(19)20/h2-10,18H,1H3/b14-10-. The van der Waals surface area contributed by atoms with E-state index in [2.05, 4.69) is 9.73 Å². The zero-order valence-electron chi connectivity index (χ0n) is 13.1. The van der Waals surface area contributed by atoms with E-state index in [9.17, 15) is 13.6 Å². The Hall–Kier alpha value is -3.22. The molecule has 0 fully saturated rings. The van der Waals surface area contributed by atoms with Crippen molar-refractivity contribution in [2.45, 2.75) is 6.61 Å². The van der Waals surface area contributed by atoms with Crippen molar-refractivity contribution in [2.75, 3.05) is 7.11 Å². The van der Waals surface area contributed by atoms with Crippen molar-refractivity contribution in [2.24, 2.45) is 4.99 Å². The lowest BCUT2D eigenvalue weighted by atomic mass is 10.1. The highest BCUT2D eigenvalue weighted by atomic mass is 19.3. The third-order valence-corrected chi connectivity index (χ3v) is 3.38. The second-order valence-corrected chi connectivity index (χ2v) is 4.98. The van der Waals surface area contributed by atoms with Crippen LogP contribution in [-0.4, -0.2) is 25.6 Å². The fourth-order valence-electron chi connectivity index (χ4n) is 2.24. The number of para-hydroxylation sites is 1. The van der Waals surface area contributed by atoms with Crippen molar-refractivity contribution < 1.29 is 27.8 Å². The number of carbonyl (C=O) groups excluding carboxylic acids is 1. The van der Waals surface area contributed by atoms with E-state index in [0.29, 0.717) is 16.9 Å². The molecule has 0 saturated heterocycles. The Morgan fingerprint density at radius 1 is 1.12 bits per heavy atom. The Morgan fingerprint density at radius 2 is 1.84 bits per heavy atom. The number of carbonyl (C=O) groups is 1. The summed E-state index contributed by atoms with van der Waals surface area (Å²) in [6.07, 6.45) is 1.56. The molecule has 5 nitrogen and oxygen atoms in total. The van der Waals surface area contributed by atoms with Gasteiger partial charge >= 0.3 is 12.6 Å². The average Bonchev–Trinajstić information content (AvgIpc) is 2.96. The molecule has 0 unspecified atom stereocenters. The Balaban J connectivity index is 1.86. The fraction of sp³-hybridized carbons (Fsp3) is 0.111. The van der Waals surface area contributed by atoms with Crippen molar-refractivity contribution in [3.8, 4) is 11.5 Å². The molecule has 0 amide bonds. The van der Waals surface area contributed by atoms with Crippen LogP contribution in [0.2, 0.25) is 0 Å². The van der Waals surface area contributed by atoms with Gasteiger partial charge in [0.15, 0.2) is 5.70 Å². The maximum atomic E-state index is 12.2. The van der Waals surface area contributed by atoms with Gasteiger partial charge in [-0.25, -0.2) is 9.79 Å². The summed E-state index contributed by atoms with van der Waals surface area (Å²) < 4.78 is 39.0. The number of rotatable bonds is 5. The number of ether oxygens (including phenoxy) is 3. The van der Waals surface area contributed by atoms with Crippen LogP contribution in [0, 0.1) is 0 Å². The largest absolute Gasteiger partial charge is 0.496 e. The van der Waals surface area contributed by atoms with Crippen LogP contribution in [0.5, 0.6) is 11.5 Å². The van der Waals surface area contributed by atoms with Gasteiger partial charge in [-0.3, -0.25) is 0 Å². The highest BCUT2D eigenvalue weighted by Gasteiger charge is 2.24. The number of methoxy groups -OCH3 is 1. The first-order valence-corrected chi connectivity index (χ1v) is 7.27. The first-order valence-electron chi connectivity index (χ1n) is 7.27. The van der Waals surface area contributed by atoms with Crippen LogP contribution >= 0.6 is 0 Å². The maximum absolute atomic E-state index is 12.2. The van der Waals surface area contributed by atoms with Gasteiger partial charge in [0.05, 0.1) is 7.11 Å². The summed E-state index contributed by atoms with van der Waals surface area (Å²) in [5.74, 6) is 0.0944. The lowest BCUT2D eigenvalue weighted by molar-refractivity contribution is -0.129. The number of benzene rings is 2. The molecule has 0 aliphatic carbocycles. The van der Waals surface area contributed by atoms with Gasteiger partial charge < -0.3 is 14.2 Å². The van der Waals surface area contributed by atoms with Gasteiger partial charge in [0, 0.05) is 11.1 Å². The third kappa shape index (κ3) is 3.82. The summed E-state index contributed by atoms with van der Waals surface area (Å²) in [6, 6.07) is 12.8. The molecule has 1 aliphatic rings. The topological polar surface area (TPSA) is 57.1 Å². The number of aliphatic imine (C=N–C) groups is 1. The van der Waals surface area contributed by atoms with Crippen LogP contribution in [-0.2, 0) is 9.53 Å². The third-order valence-electron chi connectivity index (χ3n) is 3.38. The van der Waals surface area contributed by atoms with E-state index >= 15 is 0 Å². The zero-order chi connectivity index (χ0) is 17.8. The number of hydrogen-bond donors (Lipinski definition) is 0. The molecule has 1 aliphatic heterocycles. The van der Waals surface area contributed by atoms with E-state index < -0.39 is 12.6 Å². The van der Waals surface area contributed by atoms with Gasteiger partial charge in [-0.15, -0.1) is 0 Å². The molecule has 0 aromatic heterocycles. The Labute approximate surface area is 142 Å². The number of halogens is 2. The normalized spacial score (nSPS) is 15.3. The van der Waals surface area contributed by atoms with Crippen LogP contribution in [0.1, 0.15) is 11.1 Å². The van der Waals surface area contributed by atoms with Crippen molar-refractivity contribution in [1.82, 2.24) is 0 Å². The molecule has 2 aromatic rings. The summed E-state index contributed by atoms with van der Waals surface area (Å²) in [5.41, 5.74) is 1.27. The maximum Gasteiger partial charge on any atom is 0.387 e. The van der Waals surface area contributed by atoms with Crippen molar-refractivity contribution in [3.05, 3.63) is 65.4 Å². The highest BCUT2D eigenvalue weighted by molar-refractivity contribution is 6.13.